The monoisotopic (exact) mass is 322 g/mol. The number of carbonyl (C=O) groups is 1. The van der Waals surface area contributed by atoms with Crippen LogP contribution in [0.5, 0.6) is 0 Å². The van der Waals surface area contributed by atoms with Gasteiger partial charge in [0.05, 0.1) is 5.70 Å². The fraction of sp³-hybridized carbons (Fsp3) is 0. The van der Waals surface area contributed by atoms with Gasteiger partial charge in [-0.05, 0) is 24.3 Å². The second-order valence-corrected chi connectivity index (χ2v) is 5.28. The van der Waals surface area contributed by atoms with Gasteiger partial charge in [-0.1, -0.05) is 35.9 Å². The van der Waals surface area contributed by atoms with E-state index in [0.717, 1.165) is 5.56 Å². The average Bonchev–Trinajstić information content (AvgIpc) is 2.88. The van der Waals surface area contributed by atoms with Crippen molar-refractivity contribution in [2.75, 3.05) is 5.32 Å². The Morgan fingerprint density at radius 1 is 1.13 bits per heavy atom. The molecule has 5 nitrogen and oxygen atoms in total. The lowest BCUT2D eigenvalue weighted by molar-refractivity contribution is -0.112. The number of rotatable bonds is 2. The van der Waals surface area contributed by atoms with Crippen molar-refractivity contribution >= 4 is 34.7 Å². The van der Waals surface area contributed by atoms with Crippen LogP contribution in [0.4, 0.5) is 5.69 Å². The predicted molar refractivity (Wildman–Crippen MR) is 89.8 cm³/mol. The van der Waals surface area contributed by atoms with Crippen LogP contribution in [0.15, 0.2) is 59.1 Å². The molecule has 6 heteroatoms. The molecule has 2 aromatic rings. The van der Waals surface area contributed by atoms with Gasteiger partial charge in [-0.15, -0.1) is 0 Å². The first kappa shape index (κ1) is 14.8. The summed E-state index contributed by atoms with van der Waals surface area (Å²) in [5.41, 5.74) is 7.98. The lowest BCUT2D eigenvalue weighted by atomic mass is 10.0. The Hall–Kier alpha value is -3.10. The van der Waals surface area contributed by atoms with E-state index >= 15 is 0 Å². The summed E-state index contributed by atoms with van der Waals surface area (Å²) in [6.45, 7) is 0. The third-order valence-corrected chi connectivity index (χ3v) is 3.62. The van der Waals surface area contributed by atoms with Gasteiger partial charge in [-0.25, -0.2) is 4.99 Å². The maximum Gasteiger partial charge on any atom is 0.268 e. The van der Waals surface area contributed by atoms with E-state index in [0.29, 0.717) is 22.1 Å². The van der Waals surface area contributed by atoms with E-state index in [4.69, 9.17) is 17.3 Å². The highest BCUT2D eigenvalue weighted by atomic mass is 35.5. The number of nitriles is 1. The fourth-order valence-corrected chi connectivity index (χ4v) is 2.41. The van der Waals surface area contributed by atoms with Crippen molar-refractivity contribution in [3.63, 3.8) is 0 Å². The molecule has 1 heterocycles. The molecule has 0 spiro atoms. The number of nitrogens with zero attached hydrogens (tertiary/aromatic N) is 2. The second kappa shape index (κ2) is 5.95. The molecule has 0 aromatic heterocycles. The number of nitrogens with two attached hydrogens (primary N) is 1. The Morgan fingerprint density at radius 2 is 1.78 bits per heavy atom. The summed E-state index contributed by atoms with van der Waals surface area (Å²) in [5, 5.41) is 12.6. The van der Waals surface area contributed by atoms with Crippen molar-refractivity contribution in [3.05, 3.63) is 70.3 Å². The fourth-order valence-electron chi connectivity index (χ4n) is 2.28. The molecule has 1 amide bonds. The topological polar surface area (TPSA) is 91.3 Å². The summed E-state index contributed by atoms with van der Waals surface area (Å²) in [5.74, 6) is -0.249. The molecule has 23 heavy (non-hydrogen) atoms. The minimum absolute atomic E-state index is 0.0900. The molecule has 0 unspecified atom stereocenters. The first-order chi connectivity index (χ1) is 11.1. The van der Waals surface area contributed by atoms with E-state index in [1.165, 1.54) is 0 Å². The van der Waals surface area contributed by atoms with Crippen LogP contribution in [0.25, 0.3) is 5.70 Å². The van der Waals surface area contributed by atoms with Gasteiger partial charge in [0.1, 0.15) is 17.5 Å². The summed E-state index contributed by atoms with van der Waals surface area (Å²) in [6.07, 6.45) is 0. The zero-order chi connectivity index (χ0) is 16.4. The summed E-state index contributed by atoms with van der Waals surface area (Å²) in [6, 6.07) is 15.7. The Balaban J connectivity index is 1.99. The molecule has 3 N–H and O–H groups in total. The van der Waals surface area contributed by atoms with Crippen LogP contribution >= 0.6 is 11.6 Å². The second-order valence-electron chi connectivity index (χ2n) is 4.84. The maximum atomic E-state index is 12.4. The molecule has 0 saturated carbocycles. The number of carbonyl (C=O) groups excluding carboxylic acids is 1. The van der Waals surface area contributed by atoms with Gasteiger partial charge in [-0.3, -0.25) is 4.79 Å². The Bertz CT molecular complexity index is 892. The number of amides is 1. The Kier molecular flexibility index (Phi) is 3.83. The highest BCUT2D eigenvalue weighted by Gasteiger charge is 2.24. The van der Waals surface area contributed by atoms with Gasteiger partial charge in [-0.2, -0.15) is 5.26 Å². The number of hydrogen-bond donors (Lipinski definition) is 2. The number of halogens is 1. The van der Waals surface area contributed by atoms with Crippen LogP contribution in [-0.2, 0) is 4.79 Å². The molecule has 1 aliphatic rings. The smallest absolute Gasteiger partial charge is 0.268 e. The molecule has 3 rings (SSSR count). The van der Waals surface area contributed by atoms with Crippen LogP contribution in [0.2, 0.25) is 5.02 Å². The van der Waals surface area contributed by atoms with Crippen molar-refractivity contribution in [1.29, 1.82) is 5.26 Å². The number of nitrogens with one attached hydrogen (secondary N) is 1. The summed E-state index contributed by atoms with van der Waals surface area (Å²) >= 11 is 5.81. The zero-order valence-corrected chi connectivity index (χ0v) is 12.6. The van der Waals surface area contributed by atoms with Gasteiger partial charge in [0, 0.05) is 21.8 Å². The molecule has 0 radical (unpaired) electrons. The van der Waals surface area contributed by atoms with Gasteiger partial charge in [0.25, 0.3) is 5.91 Å². The van der Waals surface area contributed by atoms with Crippen LogP contribution < -0.4 is 11.1 Å². The number of hydrogen-bond acceptors (Lipinski definition) is 4. The highest BCUT2D eigenvalue weighted by Crippen LogP contribution is 2.30. The van der Waals surface area contributed by atoms with Gasteiger partial charge in [0.2, 0.25) is 0 Å². The van der Waals surface area contributed by atoms with Crippen LogP contribution in [0.1, 0.15) is 11.1 Å². The van der Waals surface area contributed by atoms with E-state index in [-0.39, 0.29) is 11.3 Å². The van der Waals surface area contributed by atoms with Crippen molar-refractivity contribution < 1.29 is 4.79 Å². The Morgan fingerprint density at radius 3 is 2.43 bits per heavy atom. The molecule has 0 bridgehead atoms. The van der Waals surface area contributed by atoms with Gasteiger partial charge < -0.3 is 11.1 Å². The SMILES string of the molecule is N#C/C(C(=O)Nc1ccc(Cl)cc1)=C1\N=C(N)c2ccccc21. The molecule has 2 aromatic carbocycles. The third kappa shape index (κ3) is 2.80. The van der Waals surface area contributed by atoms with Crippen LogP contribution in [0, 0.1) is 11.3 Å². The van der Waals surface area contributed by atoms with E-state index in [2.05, 4.69) is 10.3 Å². The van der Waals surface area contributed by atoms with Crippen molar-refractivity contribution in [2.45, 2.75) is 0 Å². The molecule has 112 valence electrons. The molecule has 1 aliphatic heterocycles. The lowest BCUT2D eigenvalue weighted by Crippen LogP contribution is -2.14. The largest absolute Gasteiger partial charge is 0.383 e. The normalized spacial score (nSPS) is 14.5. The van der Waals surface area contributed by atoms with Crippen molar-refractivity contribution in [1.82, 2.24) is 0 Å². The number of fused-ring (bicyclic) bond motifs is 1. The first-order valence-electron chi connectivity index (χ1n) is 6.75. The molecule has 0 atom stereocenters. The predicted octanol–water partition coefficient (Wildman–Crippen LogP) is 2.93. The van der Waals surface area contributed by atoms with Crippen molar-refractivity contribution in [2.24, 2.45) is 10.7 Å². The molecular formula is C17H11ClN4O. The maximum absolute atomic E-state index is 12.4. The highest BCUT2D eigenvalue weighted by molar-refractivity contribution is 6.30. The average molecular weight is 323 g/mol. The Labute approximate surface area is 137 Å². The van der Waals surface area contributed by atoms with E-state index in [9.17, 15) is 10.1 Å². The zero-order valence-electron chi connectivity index (χ0n) is 11.9. The van der Waals surface area contributed by atoms with E-state index in [1.807, 2.05) is 12.1 Å². The van der Waals surface area contributed by atoms with Crippen LogP contribution in [0.3, 0.4) is 0 Å². The third-order valence-electron chi connectivity index (χ3n) is 3.37. The summed E-state index contributed by atoms with van der Waals surface area (Å²) in [4.78, 5) is 16.6. The number of amidine groups is 1. The molecule has 0 aliphatic carbocycles. The van der Waals surface area contributed by atoms with Gasteiger partial charge in [0.15, 0.2) is 0 Å². The number of benzene rings is 2. The first-order valence-corrected chi connectivity index (χ1v) is 7.13. The standard InChI is InChI=1S/C17H11ClN4O/c18-10-5-7-11(8-6-10)21-17(23)14(9-19)15-12-3-1-2-4-13(12)16(20)22-15/h1-8H,(H2,20,22)(H,21,23)/b15-14+. The minimum atomic E-state index is -0.543. The molecule has 0 saturated heterocycles. The molecular weight excluding hydrogens is 312 g/mol. The van der Waals surface area contributed by atoms with Crippen LogP contribution in [-0.4, -0.2) is 11.7 Å². The molecule has 0 fully saturated rings. The lowest BCUT2D eigenvalue weighted by Gasteiger charge is -2.06. The van der Waals surface area contributed by atoms with E-state index < -0.39 is 5.91 Å². The van der Waals surface area contributed by atoms with E-state index in [1.54, 1.807) is 42.5 Å². The van der Waals surface area contributed by atoms with Gasteiger partial charge >= 0.3 is 0 Å². The van der Waals surface area contributed by atoms with Crippen molar-refractivity contribution in [3.8, 4) is 6.07 Å². The number of anilines is 1. The summed E-state index contributed by atoms with van der Waals surface area (Å²) in [7, 11) is 0. The quantitative estimate of drug-likeness (QED) is 0.657. The summed E-state index contributed by atoms with van der Waals surface area (Å²) < 4.78 is 0. The number of aliphatic imine (C=N–C) groups is 1. The minimum Gasteiger partial charge on any atom is -0.383 e.